The maximum absolute atomic E-state index is 11.2. The van der Waals surface area contributed by atoms with Gasteiger partial charge in [0.15, 0.2) is 0 Å². The SMILES string of the molecule is CC(C)C(=O)OCCCCCCCCCCS(=O)(=O)[O-]. The van der Waals surface area contributed by atoms with E-state index in [0.717, 1.165) is 44.9 Å². The summed E-state index contributed by atoms with van der Waals surface area (Å²) >= 11 is 0. The summed E-state index contributed by atoms with van der Waals surface area (Å²) < 4.78 is 36.2. The topological polar surface area (TPSA) is 83.5 Å². The van der Waals surface area contributed by atoms with Gasteiger partial charge in [-0.15, -0.1) is 0 Å². The van der Waals surface area contributed by atoms with Gasteiger partial charge in [0.2, 0.25) is 0 Å². The van der Waals surface area contributed by atoms with E-state index in [1.807, 2.05) is 13.8 Å². The molecular formula is C14H27O5S-. The first-order chi connectivity index (χ1) is 9.33. The van der Waals surface area contributed by atoms with Gasteiger partial charge in [-0.2, -0.15) is 0 Å². The fourth-order valence-corrected chi connectivity index (χ4v) is 2.34. The number of esters is 1. The molecule has 0 unspecified atom stereocenters. The summed E-state index contributed by atoms with van der Waals surface area (Å²) in [4.78, 5) is 11.2. The second-order valence-corrected chi connectivity index (χ2v) is 6.94. The summed E-state index contributed by atoms with van der Waals surface area (Å²) in [5, 5.41) is 0. The summed E-state index contributed by atoms with van der Waals surface area (Å²) in [5.41, 5.74) is 0. The predicted molar refractivity (Wildman–Crippen MR) is 77.3 cm³/mol. The van der Waals surface area contributed by atoms with Crippen LogP contribution in [0.15, 0.2) is 0 Å². The minimum atomic E-state index is -4.04. The Labute approximate surface area is 122 Å². The van der Waals surface area contributed by atoms with Crippen molar-refractivity contribution in [1.29, 1.82) is 0 Å². The number of rotatable bonds is 12. The monoisotopic (exact) mass is 307 g/mol. The van der Waals surface area contributed by atoms with Crippen LogP contribution in [0.3, 0.4) is 0 Å². The molecule has 0 amide bonds. The number of carbonyl (C=O) groups excluding carboxylic acids is 1. The van der Waals surface area contributed by atoms with Gasteiger partial charge in [-0.3, -0.25) is 4.79 Å². The molecule has 0 aliphatic carbocycles. The molecule has 0 spiro atoms. The van der Waals surface area contributed by atoms with Crippen LogP contribution in [0.2, 0.25) is 0 Å². The third-order valence-electron chi connectivity index (χ3n) is 3.00. The smallest absolute Gasteiger partial charge is 0.308 e. The number of carbonyl (C=O) groups is 1. The second kappa shape index (κ2) is 11.1. The van der Waals surface area contributed by atoms with Gasteiger partial charge in [0.25, 0.3) is 0 Å². The molecule has 0 fully saturated rings. The zero-order valence-electron chi connectivity index (χ0n) is 12.6. The van der Waals surface area contributed by atoms with E-state index in [9.17, 15) is 17.8 Å². The fourth-order valence-electron chi connectivity index (χ4n) is 1.78. The first kappa shape index (κ1) is 19.4. The minimum Gasteiger partial charge on any atom is -0.748 e. The molecule has 20 heavy (non-hydrogen) atoms. The Kier molecular flexibility index (Phi) is 10.7. The molecule has 6 heteroatoms. The van der Waals surface area contributed by atoms with Crippen LogP contribution in [0.5, 0.6) is 0 Å². The highest BCUT2D eigenvalue weighted by Crippen LogP contribution is 2.09. The highest BCUT2D eigenvalue weighted by molar-refractivity contribution is 7.85. The lowest BCUT2D eigenvalue weighted by Crippen LogP contribution is -2.12. The summed E-state index contributed by atoms with van der Waals surface area (Å²) in [6.07, 6.45) is 7.43. The number of unbranched alkanes of at least 4 members (excludes halogenated alkanes) is 7. The van der Waals surface area contributed by atoms with Crippen molar-refractivity contribution in [2.24, 2.45) is 5.92 Å². The molecule has 0 heterocycles. The van der Waals surface area contributed by atoms with E-state index in [4.69, 9.17) is 4.74 Å². The molecule has 0 aromatic rings. The van der Waals surface area contributed by atoms with Crippen LogP contribution in [0, 0.1) is 5.92 Å². The van der Waals surface area contributed by atoms with Gasteiger partial charge >= 0.3 is 5.97 Å². The van der Waals surface area contributed by atoms with Gasteiger partial charge in [0, 0.05) is 5.75 Å². The molecular weight excluding hydrogens is 280 g/mol. The molecule has 0 bridgehead atoms. The van der Waals surface area contributed by atoms with E-state index < -0.39 is 10.1 Å². The van der Waals surface area contributed by atoms with E-state index in [1.54, 1.807) is 0 Å². The van der Waals surface area contributed by atoms with Crippen molar-refractivity contribution in [1.82, 2.24) is 0 Å². The molecule has 0 aromatic carbocycles. The Bertz CT molecular complexity index is 349. The lowest BCUT2D eigenvalue weighted by atomic mass is 10.1. The second-order valence-electron chi connectivity index (χ2n) is 5.41. The van der Waals surface area contributed by atoms with Crippen molar-refractivity contribution in [3.8, 4) is 0 Å². The summed E-state index contributed by atoms with van der Waals surface area (Å²) in [7, 11) is -4.04. The minimum absolute atomic E-state index is 0.0621. The van der Waals surface area contributed by atoms with E-state index in [2.05, 4.69) is 0 Å². The highest BCUT2D eigenvalue weighted by Gasteiger charge is 2.06. The van der Waals surface area contributed by atoms with Crippen molar-refractivity contribution < 1.29 is 22.5 Å². The van der Waals surface area contributed by atoms with Crippen molar-refractivity contribution in [2.75, 3.05) is 12.4 Å². The van der Waals surface area contributed by atoms with Crippen molar-refractivity contribution in [3.63, 3.8) is 0 Å². The van der Waals surface area contributed by atoms with Crippen LogP contribution in [0.1, 0.15) is 65.2 Å². The first-order valence-electron chi connectivity index (χ1n) is 7.43. The molecule has 0 radical (unpaired) electrons. The Morgan fingerprint density at radius 1 is 0.950 bits per heavy atom. The van der Waals surface area contributed by atoms with Gasteiger partial charge in [-0.1, -0.05) is 52.4 Å². The molecule has 0 saturated heterocycles. The molecule has 0 aliphatic rings. The molecule has 0 atom stereocenters. The van der Waals surface area contributed by atoms with Gasteiger partial charge < -0.3 is 9.29 Å². The lowest BCUT2D eigenvalue weighted by Gasteiger charge is -2.07. The molecule has 120 valence electrons. The largest absolute Gasteiger partial charge is 0.748 e. The molecule has 5 nitrogen and oxygen atoms in total. The van der Waals surface area contributed by atoms with Gasteiger partial charge in [0.05, 0.1) is 22.6 Å². The number of hydrogen-bond donors (Lipinski definition) is 0. The maximum Gasteiger partial charge on any atom is 0.308 e. The first-order valence-corrected chi connectivity index (χ1v) is 9.01. The molecule has 0 saturated carbocycles. The van der Waals surface area contributed by atoms with Crippen molar-refractivity contribution in [2.45, 2.75) is 65.2 Å². The van der Waals surface area contributed by atoms with Crippen LogP contribution < -0.4 is 0 Å². The zero-order valence-corrected chi connectivity index (χ0v) is 13.4. The Morgan fingerprint density at radius 2 is 1.40 bits per heavy atom. The maximum atomic E-state index is 11.2. The van der Waals surface area contributed by atoms with Crippen LogP contribution in [-0.2, 0) is 19.6 Å². The summed E-state index contributed by atoms with van der Waals surface area (Å²) in [6.45, 7) is 4.14. The van der Waals surface area contributed by atoms with Crippen LogP contribution in [0.4, 0.5) is 0 Å². The highest BCUT2D eigenvalue weighted by atomic mass is 32.2. The lowest BCUT2D eigenvalue weighted by molar-refractivity contribution is -0.147. The van der Waals surface area contributed by atoms with Gasteiger partial charge in [-0.25, -0.2) is 8.42 Å². The predicted octanol–water partition coefficient (Wildman–Crippen LogP) is 2.85. The van der Waals surface area contributed by atoms with E-state index >= 15 is 0 Å². The third-order valence-corrected chi connectivity index (χ3v) is 3.79. The van der Waals surface area contributed by atoms with E-state index in [-0.39, 0.29) is 17.6 Å². The Morgan fingerprint density at radius 3 is 1.85 bits per heavy atom. The van der Waals surface area contributed by atoms with Gasteiger partial charge in [0.1, 0.15) is 0 Å². The van der Waals surface area contributed by atoms with Crippen molar-refractivity contribution in [3.05, 3.63) is 0 Å². The Hall–Kier alpha value is -0.620. The average molecular weight is 307 g/mol. The van der Waals surface area contributed by atoms with E-state index in [1.165, 1.54) is 0 Å². The molecule has 0 rings (SSSR count). The summed E-state index contributed by atoms with van der Waals surface area (Å²) in [5.74, 6) is -0.444. The van der Waals surface area contributed by atoms with Crippen LogP contribution in [-0.4, -0.2) is 31.3 Å². The van der Waals surface area contributed by atoms with Crippen LogP contribution >= 0.6 is 0 Å². The Balaban J connectivity index is 3.20. The third kappa shape index (κ3) is 13.8. The van der Waals surface area contributed by atoms with E-state index in [0.29, 0.717) is 13.0 Å². The standard InChI is InChI=1S/C14H28O5S/c1-13(2)14(15)19-11-9-7-5-3-4-6-8-10-12-20(16,17)18/h13H,3-12H2,1-2H3,(H,16,17,18)/p-1. The fraction of sp³-hybridized carbons (Fsp3) is 0.929. The zero-order chi connectivity index (χ0) is 15.4. The summed E-state index contributed by atoms with van der Waals surface area (Å²) in [6, 6.07) is 0. The van der Waals surface area contributed by atoms with Crippen molar-refractivity contribution >= 4 is 16.1 Å². The number of hydrogen-bond acceptors (Lipinski definition) is 5. The average Bonchev–Trinajstić information content (AvgIpc) is 2.34. The van der Waals surface area contributed by atoms with Gasteiger partial charge in [-0.05, 0) is 12.8 Å². The molecule has 0 aromatic heterocycles. The number of ether oxygens (including phenoxy) is 1. The quantitative estimate of drug-likeness (QED) is 0.314. The van der Waals surface area contributed by atoms with Crippen LogP contribution in [0.25, 0.3) is 0 Å². The molecule has 0 aliphatic heterocycles. The normalized spacial score (nSPS) is 11.8. The molecule has 0 N–H and O–H groups in total.